The minimum atomic E-state index is -4.43. The number of rotatable bonds is 5. The van der Waals surface area contributed by atoms with Gasteiger partial charge < -0.3 is 14.7 Å². The summed E-state index contributed by atoms with van der Waals surface area (Å²) in [5.74, 6) is -1.53. The van der Waals surface area contributed by atoms with Crippen molar-refractivity contribution in [3.05, 3.63) is 64.7 Å². The molecule has 0 aliphatic carbocycles. The van der Waals surface area contributed by atoms with Crippen LogP contribution in [0.1, 0.15) is 28.7 Å². The minimum absolute atomic E-state index is 0.0870. The fraction of sp³-hybridized carbons (Fsp3) is 0.333. The average molecular weight is 407 g/mol. The van der Waals surface area contributed by atoms with E-state index in [9.17, 15) is 27.9 Å². The maximum absolute atomic E-state index is 13.0. The Morgan fingerprint density at radius 3 is 2.45 bits per heavy atom. The molecule has 1 atom stereocenters. The first-order valence-electron chi connectivity index (χ1n) is 9.00. The second-order valence-corrected chi connectivity index (χ2v) is 7.02. The molecular formula is C21H20F3NO4. The van der Waals surface area contributed by atoms with Gasteiger partial charge in [0, 0.05) is 13.1 Å². The van der Waals surface area contributed by atoms with Crippen LogP contribution in [0.4, 0.5) is 13.2 Å². The first kappa shape index (κ1) is 20.7. The van der Waals surface area contributed by atoms with Crippen molar-refractivity contribution in [2.45, 2.75) is 32.1 Å². The van der Waals surface area contributed by atoms with Crippen LogP contribution in [-0.2, 0) is 35.3 Å². The van der Waals surface area contributed by atoms with Gasteiger partial charge in [0.05, 0.1) is 25.0 Å². The molecule has 0 spiro atoms. The molecule has 5 nitrogen and oxygen atoms in total. The first-order chi connectivity index (χ1) is 13.7. The maximum atomic E-state index is 13.0. The predicted octanol–water partition coefficient (Wildman–Crippen LogP) is 3.89. The van der Waals surface area contributed by atoms with E-state index in [1.165, 1.54) is 24.1 Å². The molecule has 29 heavy (non-hydrogen) atoms. The lowest BCUT2D eigenvalue weighted by atomic mass is 9.94. The highest BCUT2D eigenvalue weighted by Crippen LogP contribution is 2.31. The van der Waals surface area contributed by atoms with E-state index < -0.39 is 23.6 Å². The van der Waals surface area contributed by atoms with Gasteiger partial charge in [-0.25, -0.2) is 0 Å². The SMILES string of the molecule is COc1ccc2c(c1)CN(Cc1ccc(C(F)(F)F)cc1)C(=O)C(CC(=O)O)C2. The molecule has 8 heteroatoms. The molecule has 1 amide bonds. The van der Waals surface area contributed by atoms with Crippen molar-refractivity contribution in [1.82, 2.24) is 4.90 Å². The zero-order chi connectivity index (χ0) is 21.2. The minimum Gasteiger partial charge on any atom is -0.497 e. The normalized spacial score (nSPS) is 16.9. The fourth-order valence-electron chi connectivity index (χ4n) is 3.49. The third kappa shape index (κ3) is 4.88. The van der Waals surface area contributed by atoms with Gasteiger partial charge in [0.15, 0.2) is 0 Å². The Kier molecular flexibility index (Phi) is 5.81. The number of amides is 1. The highest BCUT2D eigenvalue weighted by Gasteiger charge is 2.32. The summed E-state index contributed by atoms with van der Waals surface area (Å²) >= 11 is 0. The number of carboxylic acid groups (broad SMARTS) is 1. The maximum Gasteiger partial charge on any atom is 0.416 e. The highest BCUT2D eigenvalue weighted by molar-refractivity contribution is 5.84. The van der Waals surface area contributed by atoms with Crippen LogP contribution in [0.25, 0.3) is 0 Å². The lowest BCUT2D eigenvalue weighted by Gasteiger charge is -2.24. The summed E-state index contributed by atoms with van der Waals surface area (Å²) < 4.78 is 43.5. The van der Waals surface area contributed by atoms with Crippen LogP contribution in [0.15, 0.2) is 42.5 Å². The number of benzene rings is 2. The monoisotopic (exact) mass is 407 g/mol. The number of carbonyl (C=O) groups is 2. The number of methoxy groups -OCH3 is 1. The summed E-state index contributed by atoms with van der Waals surface area (Å²) in [7, 11) is 1.52. The predicted molar refractivity (Wildman–Crippen MR) is 98.1 cm³/mol. The summed E-state index contributed by atoms with van der Waals surface area (Å²) in [5, 5.41) is 9.19. The van der Waals surface area contributed by atoms with E-state index in [1.807, 2.05) is 6.07 Å². The fourth-order valence-corrected chi connectivity index (χ4v) is 3.49. The lowest BCUT2D eigenvalue weighted by Crippen LogP contribution is -2.35. The molecule has 1 aliphatic heterocycles. The molecule has 0 fully saturated rings. The zero-order valence-electron chi connectivity index (χ0n) is 15.7. The van der Waals surface area contributed by atoms with Crippen molar-refractivity contribution < 1.29 is 32.6 Å². The van der Waals surface area contributed by atoms with Crippen molar-refractivity contribution in [2.75, 3.05) is 7.11 Å². The summed E-state index contributed by atoms with van der Waals surface area (Å²) in [4.78, 5) is 25.7. The van der Waals surface area contributed by atoms with Crippen LogP contribution in [0.3, 0.4) is 0 Å². The lowest BCUT2D eigenvalue weighted by molar-refractivity contribution is -0.144. The van der Waals surface area contributed by atoms with Gasteiger partial charge in [-0.15, -0.1) is 0 Å². The van der Waals surface area contributed by atoms with E-state index >= 15 is 0 Å². The Labute approximate surface area is 165 Å². The molecule has 1 aliphatic rings. The molecule has 1 unspecified atom stereocenters. The summed E-state index contributed by atoms with van der Waals surface area (Å²) in [6, 6.07) is 9.99. The molecule has 2 aromatic carbocycles. The second-order valence-electron chi connectivity index (χ2n) is 7.02. The number of ether oxygens (including phenoxy) is 1. The standard InChI is InChI=1S/C21H20F3NO4/c1-29-18-7-4-14-8-15(10-19(26)27)20(28)25(12-16(14)9-18)11-13-2-5-17(6-3-13)21(22,23)24/h2-7,9,15H,8,10-12H2,1H3,(H,26,27). The number of aliphatic carboxylic acids is 1. The van der Waals surface area contributed by atoms with E-state index in [1.54, 1.807) is 12.1 Å². The summed E-state index contributed by atoms with van der Waals surface area (Å²) in [5.41, 5.74) is 1.46. The Morgan fingerprint density at radius 2 is 1.86 bits per heavy atom. The summed E-state index contributed by atoms with van der Waals surface area (Å²) in [6.07, 6.45) is -4.46. The van der Waals surface area contributed by atoms with E-state index in [0.29, 0.717) is 11.3 Å². The molecule has 0 saturated carbocycles. The summed E-state index contributed by atoms with van der Waals surface area (Å²) in [6.45, 7) is 0.312. The van der Waals surface area contributed by atoms with Crippen LogP contribution in [0, 0.1) is 5.92 Å². The van der Waals surface area contributed by atoms with Gasteiger partial charge in [-0.05, 0) is 47.4 Å². The molecule has 0 saturated heterocycles. The Hall–Kier alpha value is -3.03. The van der Waals surface area contributed by atoms with E-state index in [4.69, 9.17) is 4.74 Å². The van der Waals surface area contributed by atoms with Gasteiger partial charge >= 0.3 is 12.1 Å². The molecule has 0 bridgehead atoms. The zero-order valence-corrected chi connectivity index (χ0v) is 15.7. The Morgan fingerprint density at radius 1 is 1.17 bits per heavy atom. The molecule has 0 aromatic heterocycles. The quantitative estimate of drug-likeness (QED) is 0.817. The topological polar surface area (TPSA) is 66.8 Å². The van der Waals surface area contributed by atoms with Crippen molar-refractivity contribution in [2.24, 2.45) is 5.92 Å². The number of carboxylic acids is 1. The van der Waals surface area contributed by atoms with Gasteiger partial charge in [0.2, 0.25) is 5.91 Å². The van der Waals surface area contributed by atoms with Crippen LogP contribution in [0.2, 0.25) is 0 Å². The molecule has 1 N–H and O–H groups in total. The van der Waals surface area contributed by atoms with Crippen molar-refractivity contribution in [3.8, 4) is 5.75 Å². The number of hydrogen-bond acceptors (Lipinski definition) is 3. The molecule has 1 heterocycles. The average Bonchev–Trinajstić information content (AvgIpc) is 2.78. The number of fused-ring (bicyclic) bond motifs is 1. The molecular weight excluding hydrogens is 387 g/mol. The number of hydrogen-bond donors (Lipinski definition) is 1. The number of carbonyl (C=O) groups excluding carboxylic acids is 1. The third-order valence-corrected chi connectivity index (χ3v) is 4.98. The van der Waals surface area contributed by atoms with Gasteiger partial charge in [0.1, 0.15) is 5.75 Å². The van der Waals surface area contributed by atoms with E-state index in [0.717, 1.165) is 23.3 Å². The largest absolute Gasteiger partial charge is 0.497 e. The Bertz CT molecular complexity index is 909. The smallest absolute Gasteiger partial charge is 0.416 e. The third-order valence-electron chi connectivity index (χ3n) is 4.98. The molecule has 3 rings (SSSR count). The molecule has 154 valence electrons. The molecule has 2 aromatic rings. The number of nitrogens with zero attached hydrogens (tertiary/aromatic N) is 1. The first-order valence-corrected chi connectivity index (χ1v) is 9.00. The van der Waals surface area contributed by atoms with Gasteiger partial charge in [-0.3, -0.25) is 9.59 Å². The van der Waals surface area contributed by atoms with E-state index in [2.05, 4.69) is 0 Å². The van der Waals surface area contributed by atoms with Crippen LogP contribution < -0.4 is 4.74 Å². The van der Waals surface area contributed by atoms with Gasteiger partial charge in [-0.1, -0.05) is 18.2 Å². The van der Waals surface area contributed by atoms with Crippen LogP contribution in [-0.4, -0.2) is 29.0 Å². The highest BCUT2D eigenvalue weighted by atomic mass is 19.4. The van der Waals surface area contributed by atoms with Gasteiger partial charge in [0.25, 0.3) is 0 Å². The van der Waals surface area contributed by atoms with Crippen molar-refractivity contribution in [1.29, 1.82) is 0 Å². The number of alkyl halides is 3. The van der Waals surface area contributed by atoms with Crippen molar-refractivity contribution in [3.63, 3.8) is 0 Å². The van der Waals surface area contributed by atoms with Crippen LogP contribution >= 0.6 is 0 Å². The van der Waals surface area contributed by atoms with E-state index in [-0.39, 0.29) is 31.8 Å². The number of halogens is 3. The molecule has 0 radical (unpaired) electrons. The van der Waals surface area contributed by atoms with Crippen molar-refractivity contribution >= 4 is 11.9 Å². The Balaban J connectivity index is 1.90. The van der Waals surface area contributed by atoms with Gasteiger partial charge in [-0.2, -0.15) is 13.2 Å². The second kappa shape index (κ2) is 8.14. The van der Waals surface area contributed by atoms with Crippen LogP contribution in [0.5, 0.6) is 5.75 Å².